The average molecular weight is 291 g/mol. The van der Waals surface area contributed by atoms with Crippen LogP contribution in [0, 0.1) is 12.7 Å². The lowest BCUT2D eigenvalue weighted by molar-refractivity contribution is 0.0692. The number of hydrogen-bond donors (Lipinski definition) is 2. The van der Waals surface area contributed by atoms with E-state index in [1.54, 1.807) is 6.07 Å². The summed E-state index contributed by atoms with van der Waals surface area (Å²) in [7, 11) is 0. The van der Waals surface area contributed by atoms with E-state index >= 15 is 0 Å². The zero-order chi connectivity index (χ0) is 14.7. The Morgan fingerprint density at radius 3 is 2.65 bits per heavy atom. The van der Waals surface area contributed by atoms with Gasteiger partial charge in [-0.3, -0.25) is 0 Å². The predicted molar refractivity (Wildman–Crippen MR) is 78.5 cm³/mol. The van der Waals surface area contributed by atoms with Gasteiger partial charge in [0, 0.05) is 16.3 Å². The molecule has 2 aromatic carbocycles. The summed E-state index contributed by atoms with van der Waals surface area (Å²) >= 11 is 1.49. The minimum atomic E-state index is -1.26. The number of carbonyl (C=O) groups is 1. The van der Waals surface area contributed by atoms with E-state index in [0.717, 1.165) is 16.0 Å². The maximum atomic E-state index is 13.5. The van der Waals surface area contributed by atoms with Crippen molar-refractivity contribution in [1.82, 2.24) is 0 Å². The van der Waals surface area contributed by atoms with Crippen LogP contribution in [0.15, 0.2) is 41.3 Å². The third-order valence-electron chi connectivity index (χ3n) is 2.82. The third-order valence-corrected chi connectivity index (χ3v) is 3.98. The number of halogens is 1. The molecule has 0 unspecified atom stereocenters. The molecule has 0 aromatic heterocycles. The summed E-state index contributed by atoms with van der Waals surface area (Å²) in [6.07, 6.45) is 0. The molecule has 0 saturated heterocycles. The number of nitrogen functional groups attached to an aromatic ring is 1. The topological polar surface area (TPSA) is 63.3 Å². The second kappa shape index (κ2) is 5.96. The molecule has 0 aliphatic carbocycles. The number of nitrogens with two attached hydrogens (primary N) is 1. The third kappa shape index (κ3) is 3.30. The molecule has 2 rings (SSSR count). The van der Waals surface area contributed by atoms with Gasteiger partial charge in [0.1, 0.15) is 5.82 Å². The first-order chi connectivity index (χ1) is 9.47. The van der Waals surface area contributed by atoms with E-state index in [2.05, 4.69) is 0 Å². The van der Waals surface area contributed by atoms with Gasteiger partial charge in [-0.15, -0.1) is 11.8 Å². The van der Waals surface area contributed by atoms with Crippen molar-refractivity contribution in [2.75, 3.05) is 5.73 Å². The molecule has 0 bridgehead atoms. The Kier molecular flexibility index (Phi) is 4.29. The molecule has 3 nitrogen and oxygen atoms in total. The van der Waals surface area contributed by atoms with Crippen molar-refractivity contribution in [2.45, 2.75) is 17.6 Å². The molecular formula is C15H14FNO2S. The number of benzene rings is 2. The Bertz CT molecular complexity index is 658. The minimum Gasteiger partial charge on any atom is -0.478 e. The lowest BCUT2D eigenvalue weighted by Crippen LogP contribution is -2.00. The normalized spacial score (nSPS) is 10.5. The van der Waals surface area contributed by atoms with Crippen LogP contribution in [-0.2, 0) is 5.75 Å². The van der Waals surface area contributed by atoms with Gasteiger partial charge in [-0.2, -0.15) is 0 Å². The summed E-state index contributed by atoms with van der Waals surface area (Å²) in [6, 6.07) is 9.93. The second-order valence-electron chi connectivity index (χ2n) is 4.45. The van der Waals surface area contributed by atoms with Crippen molar-refractivity contribution in [1.29, 1.82) is 0 Å². The first-order valence-corrected chi connectivity index (χ1v) is 6.96. The van der Waals surface area contributed by atoms with Crippen LogP contribution >= 0.6 is 11.8 Å². The highest BCUT2D eigenvalue weighted by atomic mass is 32.2. The van der Waals surface area contributed by atoms with E-state index in [1.165, 1.54) is 23.9 Å². The van der Waals surface area contributed by atoms with E-state index in [-0.39, 0.29) is 5.56 Å². The summed E-state index contributed by atoms with van der Waals surface area (Å²) in [5.74, 6) is -1.44. The van der Waals surface area contributed by atoms with Gasteiger partial charge in [0.15, 0.2) is 0 Å². The summed E-state index contributed by atoms with van der Waals surface area (Å²) in [4.78, 5) is 11.7. The van der Waals surface area contributed by atoms with E-state index in [1.807, 2.05) is 25.1 Å². The Morgan fingerprint density at radius 2 is 2.05 bits per heavy atom. The Labute approximate surface area is 120 Å². The Morgan fingerprint density at radius 1 is 1.30 bits per heavy atom. The molecule has 0 radical (unpaired) electrons. The molecule has 0 spiro atoms. The summed E-state index contributed by atoms with van der Waals surface area (Å²) < 4.78 is 13.5. The Balaban J connectivity index is 2.11. The molecule has 0 atom stereocenters. The van der Waals surface area contributed by atoms with Gasteiger partial charge >= 0.3 is 5.97 Å². The maximum Gasteiger partial charge on any atom is 0.338 e. The minimum absolute atomic E-state index is 0.311. The van der Waals surface area contributed by atoms with Gasteiger partial charge in [-0.1, -0.05) is 12.1 Å². The maximum absolute atomic E-state index is 13.5. The van der Waals surface area contributed by atoms with Crippen LogP contribution in [-0.4, -0.2) is 11.1 Å². The SMILES string of the molecule is Cc1ccc(SCc2ccc(C(=O)O)c(F)c2)c(N)c1. The van der Waals surface area contributed by atoms with Crippen molar-refractivity contribution in [3.8, 4) is 0 Å². The van der Waals surface area contributed by atoms with Crippen LogP contribution in [0.1, 0.15) is 21.5 Å². The number of carboxylic acid groups (broad SMARTS) is 1. The Hall–Kier alpha value is -2.01. The molecule has 0 aliphatic heterocycles. The highest BCUT2D eigenvalue weighted by molar-refractivity contribution is 7.98. The van der Waals surface area contributed by atoms with Crippen molar-refractivity contribution in [3.63, 3.8) is 0 Å². The molecule has 0 saturated carbocycles. The fraction of sp³-hybridized carbons (Fsp3) is 0.133. The molecule has 2 aromatic rings. The van der Waals surface area contributed by atoms with Crippen molar-refractivity contribution >= 4 is 23.4 Å². The van der Waals surface area contributed by atoms with Crippen LogP contribution in [0.2, 0.25) is 0 Å². The largest absolute Gasteiger partial charge is 0.478 e. The van der Waals surface area contributed by atoms with Gasteiger partial charge in [-0.25, -0.2) is 9.18 Å². The first kappa shape index (κ1) is 14.4. The molecule has 104 valence electrons. The van der Waals surface area contributed by atoms with E-state index in [0.29, 0.717) is 11.4 Å². The number of aryl methyl sites for hydroxylation is 1. The fourth-order valence-corrected chi connectivity index (χ4v) is 2.67. The summed E-state index contributed by atoms with van der Waals surface area (Å²) in [5, 5.41) is 8.77. The molecular weight excluding hydrogens is 277 g/mol. The lowest BCUT2D eigenvalue weighted by atomic mass is 10.1. The summed E-state index contributed by atoms with van der Waals surface area (Å²) in [5.41, 5.74) is 8.09. The zero-order valence-electron chi connectivity index (χ0n) is 10.9. The van der Waals surface area contributed by atoms with Gasteiger partial charge in [-0.05, 0) is 42.3 Å². The van der Waals surface area contributed by atoms with E-state index in [4.69, 9.17) is 10.8 Å². The van der Waals surface area contributed by atoms with Crippen LogP contribution < -0.4 is 5.73 Å². The van der Waals surface area contributed by atoms with Crippen LogP contribution in [0.5, 0.6) is 0 Å². The monoisotopic (exact) mass is 291 g/mol. The number of rotatable bonds is 4. The highest BCUT2D eigenvalue weighted by Crippen LogP contribution is 2.29. The molecule has 0 fully saturated rings. The standard InChI is InChI=1S/C15H14FNO2S/c1-9-2-5-14(13(17)6-9)20-8-10-3-4-11(15(18)19)12(16)7-10/h2-7H,8,17H2,1H3,(H,18,19). The van der Waals surface area contributed by atoms with Gasteiger partial charge in [0.05, 0.1) is 5.56 Å². The zero-order valence-corrected chi connectivity index (χ0v) is 11.7. The second-order valence-corrected chi connectivity index (χ2v) is 5.47. The number of hydrogen-bond acceptors (Lipinski definition) is 3. The molecule has 0 heterocycles. The molecule has 5 heteroatoms. The number of thioether (sulfide) groups is 1. The average Bonchev–Trinajstić information content (AvgIpc) is 2.37. The first-order valence-electron chi connectivity index (χ1n) is 5.98. The highest BCUT2D eigenvalue weighted by Gasteiger charge is 2.10. The summed E-state index contributed by atoms with van der Waals surface area (Å²) in [6.45, 7) is 1.96. The van der Waals surface area contributed by atoms with Gasteiger partial charge in [0.2, 0.25) is 0 Å². The van der Waals surface area contributed by atoms with E-state index < -0.39 is 11.8 Å². The van der Waals surface area contributed by atoms with Crippen LogP contribution in [0.3, 0.4) is 0 Å². The predicted octanol–water partition coefficient (Wildman–Crippen LogP) is 3.71. The van der Waals surface area contributed by atoms with Gasteiger partial charge < -0.3 is 10.8 Å². The molecule has 3 N–H and O–H groups in total. The van der Waals surface area contributed by atoms with E-state index in [9.17, 15) is 9.18 Å². The van der Waals surface area contributed by atoms with Crippen LogP contribution in [0.4, 0.5) is 10.1 Å². The number of carboxylic acids is 1. The van der Waals surface area contributed by atoms with Crippen molar-refractivity contribution in [3.05, 3.63) is 58.9 Å². The lowest BCUT2D eigenvalue weighted by Gasteiger charge is -2.07. The molecule has 0 aliphatic rings. The number of anilines is 1. The quantitative estimate of drug-likeness (QED) is 0.666. The smallest absolute Gasteiger partial charge is 0.338 e. The number of aromatic carboxylic acids is 1. The van der Waals surface area contributed by atoms with Crippen LogP contribution in [0.25, 0.3) is 0 Å². The van der Waals surface area contributed by atoms with Gasteiger partial charge in [0.25, 0.3) is 0 Å². The molecule has 20 heavy (non-hydrogen) atoms. The van der Waals surface area contributed by atoms with Crippen molar-refractivity contribution in [2.24, 2.45) is 0 Å². The fourth-order valence-electron chi connectivity index (χ4n) is 1.78. The molecule has 0 amide bonds. The van der Waals surface area contributed by atoms with Crippen molar-refractivity contribution < 1.29 is 14.3 Å².